The number of halogens is 2. The summed E-state index contributed by atoms with van der Waals surface area (Å²) in [5, 5.41) is 0. The molecule has 0 spiro atoms. The zero-order chi connectivity index (χ0) is 11.8. The van der Waals surface area contributed by atoms with Crippen LogP contribution in [-0.4, -0.2) is 19.6 Å². The normalized spacial score (nSPS) is 27.2. The SMILES string of the molecule is F[C@H]1CCO[C@@H](c2cc3c(cc2Br)OCO3)C1. The number of rotatable bonds is 1. The minimum Gasteiger partial charge on any atom is -0.454 e. The molecule has 2 heterocycles. The van der Waals surface area contributed by atoms with Crippen molar-refractivity contribution in [3.8, 4) is 11.5 Å². The average molecular weight is 303 g/mol. The van der Waals surface area contributed by atoms with E-state index in [0.717, 1.165) is 10.0 Å². The zero-order valence-corrected chi connectivity index (χ0v) is 10.7. The molecule has 2 aliphatic rings. The van der Waals surface area contributed by atoms with Crippen molar-refractivity contribution in [3.05, 3.63) is 22.2 Å². The summed E-state index contributed by atoms with van der Waals surface area (Å²) in [6.07, 6.45) is -0.106. The van der Waals surface area contributed by atoms with Crippen LogP contribution in [0.5, 0.6) is 11.5 Å². The van der Waals surface area contributed by atoms with Gasteiger partial charge < -0.3 is 14.2 Å². The molecule has 1 saturated heterocycles. The van der Waals surface area contributed by atoms with E-state index in [1.54, 1.807) is 0 Å². The minimum atomic E-state index is -0.786. The Balaban J connectivity index is 1.91. The van der Waals surface area contributed by atoms with Crippen molar-refractivity contribution in [2.24, 2.45) is 0 Å². The summed E-state index contributed by atoms with van der Waals surface area (Å²) in [6, 6.07) is 3.72. The van der Waals surface area contributed by atoms with Gasteiger partial charge in [0.1, 0.15) is 6.17 Å². The smallest absolute Gasteiger partial charge is 0.231 e. The van der Waals surface area contributed by atoms with Crippen molar-refractivity contribution < 1.29 is 18.6 Å². The lowest BCUT2D eigenvalue weighted by Crippen LogP contribution is -2.20. The van der Waals surface area contributed by atoms with Crippen molar-refractivity contribution >= 4 is 15.9 Å². The van der Waals surface area contributed by atoms with E-state index in [9.17, 15) is 4.39 Å². The van der Waals surface area contributed by atoms with E-state index in [4.69, 9.17) is 14.2 Å². The topological polar surface area (TPSA) is 27.7 Å². The van der Waals surface area contributed by atoms with Crippen LogP contribution in [0.25, 0.3) is 0 Å². The largest absolute Gasteiger partial charge is 0.454 e. The van der Waals surface area contributed by atoms with Crippen LogP contribution >= 0.6 is 15.9 Å². The lowest BCUT2D eigenvalue weighted by Gasteiger charge is -2.26. The van der Waals surface area contributed by atoms with Crippen LogP contribution in [0.3, 0.4) is 0 Å². The van der Waals surface area contributed by atoms with Gasteiger partial charge in [-0.15, -0.1) is 0 Å². The van der Waals surface area contributed by atoms with E-state index in [1.807, 2.05) is 12.1 Å². The molecule has 17 heavy (non-hydrogen) atoms. The Morgan fingerprint density at radius 3 is 2.76 bits per heavy atom. The molecule has 1 aromatic rings. The second-order valence-electron chi connectivity index (χ2n) is 4.21. The summed E-state index contributed by atoms with van der Waals surface area (Å²) in [7, 11) is 0. The van der Waals surface area contributed by atoms with E-state index in [0.29, 0.717) is 30.9 Å². The van der Waals surface area contributed by atoms with Gasteiger partial charge in [0.2, 0.25) is 6.79 Å². The van der Waals surface area contributed by atoms with Gasteiger partial charge in [-0.05, 0) is 17.7 Å². The molecular weight excluding hydrogens is 291 g/mol. The molecule has 0 unspecified atom stereocenters. The van der Waals surface area contributed by atoms with Crippen LogP contribution in [0.15, 0.2) is 16.6 Å². The number of benzene rings is 1. The zero-order valence-electron chi connectivity index (χ0n) is 9.12. The molecule has 0 aromatic heterocycles. The Morgan fingerprint density at radius 2 is 2.00 bits per heavy atom. The van der Waals surface area contributed by atoms with Crippen LogP contribution in [0.4, 0.5) is 4.39 Å². The molecule has 2 aliphatic heterocycles. The highest BCUT2D eigenvalue weighted by Crippen LogP contribution is 2.42. The highest BCUT2D eigenvalue weighted by molar-refractivity contribution is 9.10. The van der Waals surface area contributed by atoms with Gasteiger partial charge in [0.25, 0.3) is 0 Å². The highest BCUT2D eigenvalue weighted by Gasteiger charge is 2.27. The molecule has 2 atom stereocenters. The molecule has 0 amide bonds. The summed E-state index contributed by atoms with van der Waals surface area (Å²) >= 11 is 3.47. The predicted molar refractivity (Wildman–Crippen MR) is 63.1 cm³/mol. The van der Waals surface area contributed by atoms with Gasteiger partial charge in [-0.25, -0.2) is 4.39 Å². The number of hydrogen-bond acceptors (Lipinski definition) is 3. The average Bonchev–Trinajstić information content (AvgIpc) is 2.75. The Bertz CT molecular complexity index is 438. The number of hydrogen-bond donors (Lipinski definition) is 0. The lowest BCUT2D eigenvalue weighted by molar-refractivity contribution is -0.0197. The summed E-state index contributed by atoms with van der Waals surface area (Å²) in [6.45, 7) is 0.704. The van der Waals surface area contributed by atoms with E-state index in [-0.39, 0.29) is 12.9 Å². The van der Waals surface area contributed by atoms with Gasteiger partial charge >= 0.3 is 0 Å². The maximum Gasteiger partial charge on any atom is 0.231 e. The van der Waals surface area contributed by atoms with Crippen LogP contribution in [0.1, 0.15) is 24.5 Å². The Labute approximate surface area is 107 Å². The summed E-state index contributed by atoms with van der Waals surface area (Å²) in [5.74, 6) is 1.42. The molecule has 3 nitrogen and oxygen atoms in total. The molecule has 0 saturated carbocycles. The number of alkyl halides is 1. The highest BCUT2D eigenvalue weighted by atomic mass is 79.9. The van der Waals surface area contributed by atoms with Gasteiger partial charge in [0.15, 0.2) is 11.5 Å². The molecule has 92 valence electrons. The first-order valence-electron chi connectivity index (χ1n) is 5.59. The maximum atomic E-state index is 13.4. The Hall–Kier alpha value is -0.810. The maximum absolute atomic E-state index is 13.4. The minimum absolute atomic E-state index is 0.206. The molecule has 5 heteroatoms. The Kier molecular flexibility index (Phi) is 2.96. The standard InChI is InChI=1S/C12H12BrFO3/c13-9-5-12-11(16-6-17-12)4-8(9)10-3-7(14)1-2-15-10/h4-5,7,10H,1-3,6H2/t7-,10+/m0/s1. The van der Waals surface area contributed by atoms with E-state index in [1.165, 1.54) is 0 Å². The molecule has 1 fully saturated rings. The van der Waals surface area contributed by atoms with E-state index < -0.39 is 6.17 Å². The van der Waals surface area contributed by atoms with Gasteiger partial charge in [-0.3, -0.25) is 0 Å². The molecule has 1 aromatic carbocycles. The van der Waals surface area contributed by atoms with Crippen molar-refractivity contribution in [1.29, 1.82) is 0 Å². The van der Waals surface area contributed by atoms with Crippen LogP contribution in [-0.2, 0) is 4.74 Å². The first kappa shape index (κ1) is 11.3. The van der Waals surface area contributed by atoms with Gasteiger partial charge in [-0.2, -0.15) is 0 Å². The fourth-order valence-electron chi connectivity index (χ4n) is 2.15. The van der Waals surface area contributed by atoms with Crippen LogP contribution in [0.2, 0.25) is 0 Å². The van der Waals surface area contributed by atoms with Crippen LogP contribution < -0.4 is 9.47 Å². The van der Waals surface area contributed by atoms with Gasteiger partial charge in [-0.1, -0.05) is 15.9 Å². The molecule has 0 N–H and O–H groups in total. The molecule has 3 rings (SSSR count). The van der Waals surface area contributed by atoms with Crippen molar-refractivity contribution in [2.45, 2.75) is 25.1 Å². The number of ether oxygens (including phenoxy) is 3. The lowest BCUT2D eigenvalue weighted by atomic mass is 10.00. The van der Waals surface area contributed by atoms with Crippen molar-refractivity contribution in [2.75, 3.05) is 13.4 Å². The van der Waals surface area contributed by atoms with E-state index >= 15 is 0 Å². The molecular formula is C12H12BrFO3. The van der Waals surface area contributed by atoms with Crippen molar-refractivity contribution in [3.63, 3.8) is 0 Å². The summed E-state index contributed by atoms with van der Waals surface area (Å²) in [4.78, 5) is 0. The molecule has 0 bridgehead atoms. The quantitative estimate of drug-likeness (QED) is 0.796. The van der Waals surface area contributed by atoms with Crippen LogP contribution in [0, 0.1) is 0 Å². The third-order valence-electron chi connectivity index (χ3n) is 3.06. The molecule has 0 radical (unpaired) electrons. The van der Waals surface area contributed by atoms with Crippen molar-refractivity contribution in [1.82, 2.24) is 0 Å². The number of fused-ring (bicyclic) bond motifs is 1. The van der Waals surface area contributed by atoms with Gasteiger partial charge in [0, 0.05) is 17.3 Å². The molecule has 0 aliphatic carbocycles. The third-order valence-corrected chi connectivity index (χ3v) is 3.75. The first-order valence-corrected chi connectivity index (χ1v) is 6.38. The monoisotopic (exact) mass is 302 g/mol. The first-order chi connectivity index (χ1) is 8.24. The van der Waals surface area contributed by atoms with Gasteiger partial charge in [0.05, 0.1) is 12.7 Å². The fraction of sp³-hybridized carbons (Fsp3) is 0.500. The second kappa shape index (κ2) is 4.46. The fourth-order valence-corrected chi connectivity index (χ4v) is 2.73. The summed E-state index contributed by atoms with van der Waals surface area (Å²) in [5.41, 5.74) is 0.927. The van der Waals surface area contributed by atoms with E-state index in [2.05, 4.69) is 15.9 Å². The third kappa shape index (κ3) is 2.13. The predicted octanol–water partition coefficient (Wildman–Crippen LogP) is 3.37. The second-order valence-corrected chi connectivity index (χ2v) is 5.06. The Morgan fingerprint density at radius 1 is 1.24 bits per heavy atom. The summed E-state index contributed by atoms with van der Waals surface area (Å²) < 4.78 is 30.5.